The largest absolute Gasteiger partial charge is 0.497 e. The lowest BCUT2D eigenvalue weighted by Crippen LogP contribution is -2.39. The van der Waals surface area contributed by atoms with Gasteiger partial charge < -0.3 is 20.5 Å². The minimum Gasteiger partial charge on any atom is -0.497 e. The van der Waals surface area contributed by atoms with Crippen molar-refractivity contribution in [3.05, 3.63) is 54.1 Å². The van der Waals surface area contributed by atoms with Crippen molar-refractivity contribution in [3.8, 4) is 22.7 Å². The lowest BCUT2D eigenvalue weighted by molar-refractivity contribution is 0.0398. The standard InChI is InChI=1S/C24H25F2N7O2/c1-34-17-5-6-18(19(26)14-17)21-20-22(27)33(16-4-2-3-15(25)13-16)31-23(20)30-24(29-21)28-7-8-32-9-11-35-12-10-32/h2-6,13-14H,7-12,27H2,1H3,(H,28,30,31). The van der Waals surface area contributed by atoms with Crippen LogP contribution >= 0.6 is 0 Å². The van der Waals surface area contributed by atoms with E-state index in [0.717, 1.165) is 19.6 Å². The summed E-state index contributed by atoms with van der Waals surface area (Å²) in [4.78, 5) is 11.4. The zero-order chi connectivity index (χ0) is 24.4. The lowest BCUT2D eigenvalue weighted by atomic mass is 10.1. The topological polar surface area (TPSA) is 103 Å². The second-order valence-electron chi connectivity index (χ2n) is 8.10. The Labute approximate surface area is 200 Å². The van der Waals surface area contributed by atoms with E-state index in [1.165, 1.54) is 30.0 Å². The fourth-order valence-corrected chi connectivity index (χ4v) is 4.06. The van der Waals surface area contributed by atoms with Gasteiger partial charge in [0.2, 0.25) is 5.95 Å². The highest BCUT2D eigenvalue weighted by Gasteiger charge is 2.22. The summed E-state index contributed by atoms with van der Waals surface area (Å²) in [5.74, 6) is -0.111. The van der Waals surface area contributed by atoms with Crippen LogP contribution in [0.2, 0.25) is 0 Å². The predicted molar refractivity (Wildman–Crippen MR) is 129 cm³/mol. The van der Waals surface area contributed by atoms with Gasteiger partial charge in [-0.15, -0.1) is 5.10 Å². The fraction of sp³-hybridized carbons (Fsp3) is 0.292. The molecule has 9 nitrogen and oxygen atoms in total. The van der Waals surface area contributed by atoms with Crippen molar-refractivity contribution in [2.45, 2.75) is 0 Å². The van der Waals surface area contributed by atoms with E-state index in [-0.39, 0.29) is 22.7 Å². The van der Waals surface area contributed by atoms with Crippen molar-refractivity contribution in [1.82, 2.24) is 24.6 Å². The number of nitrogen functional groups attached to an aromatic ring is 1. The van der Waals surface area contributed by atoms with Crippen molar-refractivity contribution in [2.75, 3.05) is 57.6 Å². The molecule has 0 saturated carbocycles. The average Bonchev–Trinajstić information content (AvgIpc) is 3.20. The Morgan fingerprint density at radius 3 is 2.69 bits per heavy atom. The van der Waals surface area contributed by atoms with Gasteiger partial charge in [-0.05, 0) is 30.3 Å². The van der Waals surface area contributed by atoms with Gasteiger partial charge in [-0.2, -0.15) is 4.98 Å². The second-order valence-corrected chi connectivity index (χ2v) is 8.10. The van der Waals surface area contributed by atoms with Crippen LogP contribution in [0.3, 0.4) is 0 Å². The number of rotatable bonds is 7. The fourth-order valence-electron chi connectivity index (χ4n) is 4.06. The molecule has 0 aliphatic carbocycles. The molecule has 5 rings (SSSR count). The van der Waals surface area contributed by atoms with E-state index in [1.54, 1.807) is 24.3 Å². The van der Waals surface area contributed by atoms with Gasteiger partial charge in [-0.1, -0.05) is 6.07 Å². The maximum Gasteiger partial charge on any atom is 0.225 e. The zero-order valence-corrected chi connectivity index (χ0v) is 19.2. The Bertz CT molecular complexity index is 1360. The van der Waals surface area contributed by atoms with E-state index >= 15 is 4.39 Å². The molecule has 0 radical (unpaired) electrons. The number of benzene rings is 2. The summed E-state index contributed by atoms with van der Waals surface area (Å²) in [6.07, 6.45) is 0. The summed E-state index contributed by atoms with van der Waals surface area (Å²) in [5.41, 5.74) is 7.61. The van der Waals surface area contributed by atoms with Crippen molar-refractivity contribution in [2.24, 2.45) is 0 Å². The van der Waals surface area contributed by atoms with E-state index in [9.17, 15) is 4.39 Å². The molecule has 1 saturated heterocycles. The van der Waals surface area contributed by atoms with Crippen molar-refractivity contribution in [1.29, 1.82) is 0 Å². The van der Waals surface area contributed by atoms with Gasteiger partial charge in [-0.3, -0.25) is 4.90 Å². The van der Waals surface area contributed by atoms with Crippen LogP contribution in [0.15, 0.2) is 42.5 Å². The number of hydrogen-bond acceptors (Lipinski definition) is 8. The van der Waals surface area contributed by atoms with Gasteiger partial charge in [0.05, 0.1) is 37.1 Å². The summed E-state index contributed by atoms with van der Waals surface area (Å²) < 4.78 is 40.9. The Balaban J connectivity index is 1.57. The number of methoxy groups -OCH3 is 1. The van der Waals surface area contributed by atoms with Crippen LogP contribution in [0.1, 0.15) is 0 Å². The second kappa shape index (κ2) is 9.80. The van der Waals surface area contributed by atoms with E-state index in [2.05, 4.69) is 25.3 Å². The normalized spacial score (nSPS) is 14.4. The highest BCUT2D eigenvalue weighted by Crippen LogP contribution is 2.35. The van der Waals surface area contributed by atoms with Gasteiger partial charge in [0, 0.05) is 37.8 Å². The number of ether oxygens (including phenoxy) is 2. The maximum absolute atomic E-state index is 15.1. The molecule has 2 aromatic carbocycles. The van der Waals surface area contributed by atoms with Crippen molar-refractivity contribution < 1.29 is 18.3 Å². The number of hydrogen-bond donors (Lipinski definition) is 2. The molecule has 2 aromatic heterocycles. The van der Waals surface area contributed by atoms with Gasteiger partial charge in [-0.25, -0.2) is 18.4 Å². The van der Waals surface area contributed by atoms with E-state index in [4.69, 9.17) is 15.2 Å². The smallest absolute Gasteiger partial charge is 0.225 e. The highest BCUT2D eigenvalue weighted by molar-refractivity contribution is 5.99. The minimum absolute atomic E-state index is 0.177. The van der Waals surface area contributed by atoms with Gasteiger partial charge in [0.15, 0.2) is 5.65 Å². The summed E-state index contributed by atoms with van der Waals surface area (Å²) in [7, 11) is 1.47. The first-order valence-corrected chi connectivity index (χ1v) is 11.2. The molecule has 0 amide bonds. The van der Waals surface area contributed by atoms with Crippen LogP contribution in [0.5, 0.6) is 5.75 Å². The SMILES string of the molecule is COc1ccc(-c2nc(NCCN3CCOCC3)nc3nn(-c4cccc(F)c4)c(N)c23)c(F)c1. The summed E-state index contributed by atoms with van der Waals surface area (Å²) in [6.45, 7) is 4.49. The summed E-state index contributed by atoms with van der Waals surface area (Å²) >= 11 is 0. The quantitative estimate of drug-likeness (QED) is 0.415. The molecule has 11 heteroatoms. The van der Waals surface area contributed by atoms with Crippen LogP contribution in [0.4, 0.5) is 20.5 Å². The molecule has 0 atom stereocenters. The molecule has 35 heavy (non-hydrogen) atoms. The first-order valence-electron chi connectivity index (χ1n) is 11.2. The molecule has 0 spiro atoms. The third-order valence-electron chi connectivity index (χ3n) is 5.87. The maximum atomic E-state index is 15.1. The van der Waals surface area contributed by atoms with Crippen molar-refractivity contribution >= 4 is 22.8 Å². The van der Waals surface area contributed by atoms with Crippen LogP contribution < -0.4 is 15.8 Å². The van der Waals surface area contributed by atoms with Gasteiger partial charge >= 0.3 is 0 Å². The van der Waals surface area contributed by atoms with E-state index in [0.29, 0.717) is 42.5 Å². The molecule has 1 fully saturated rings. The number of nitrogens with one attached hydrogen (secondary N) is 1. The Morgan fingerprint density at radius 2 is 1.94 bits per heavy atom. The number of fused-ring (bicyclic) bond motifs is 1. The first-order chi connectivity index (χ1) is 17.0. The molecule has 0 unspecified atom stereocenters. The number of halogens is 2. The summed E-state index contributed by atoms with van der Waals surface area (Å²) in [5, 5.41) is 8.08. The average molecular weight is 482 g/mol. The van der Waals surface area contributed by atoms with Crippen LogP contribution in [0.25, 0.3) is 28.0 Å². The van der Waals surface area contributed by atoms with Gasteiger partial charge in [0.25, 0.3) is 0 Å². The lowest BCUT2D eigenvalue weighted by Gasteiger charge is -2.26. The predicted octanol–water partition coefficient (Wildman–Crippen LogP) is 3.10. The molecule has 3 N–H and O–H groups in total. The van der Waals surface area contributed by atoms with Crippen LogP contribution in [-0.2, 0) is 4.74 Å². The highest BCUT2D eigenvalue weighted by atomic mass is 19.1. The Kier molecular flexibility index (Phi) is 6.43. The number of aromatic nitrogens is 4. The Morgan fingerprint density at radius 1 is 1.11 bits per heavy atom. The molecule has 0 bridgehead atoms. The molecular formula is C24H25F2N7O2. The van der Waals surface area contributed by atoms with Gasteiger partial charge in [0.1, 0.15) is 23.2 Å². The molecule has 1 aliphatic heterocycles. The van der Waals surface area contributed by atoms with E-state index < -0.39 is 11.6 Å². The molecule has 182 valence electrons. The number of morpholine rings is 1. The van der Waals surface area contributed by atoms with E-state index in [1.807, 2.05) is 0 Å². The number of anilines is 2. The minimum atomic E-state index is -0.526. The first kappa shape index (κ1) is 22.9. The molecule has 1 aliphatic rings. The monoisotopic (exact) mass is 481 g/mol. The number of nitrogens with zero attached hydrogens (tertiary/aromatic N) is 5. The van der Waals surface area contributed by atoms with Crippen LogP contribution in [0, 0.1) is 11.6 Å². The molecule has 3 heterocycles. The number of nitrogens with two attached hydrogens (primary N) is 1. The third-order valence-corrected chi connectivity index (χ3v) is 5.87. The Hall–Kier alpha value is -3.83. The zero-order valence-electron chi connectivity index (χ0n) is 19.2. The summed E-state index contributed by atoms with van der Waals surface area (Å²) in [6, 6.07) is 10.4. The van der Waals surface area contributed by atoms with Crippen LogP contribution in [-0.4, -0.2) is 71.2 Å². The molecule has 4 aromatic rings. The molecular weight excluding hydrogens is 456 g/mol. The third kappa shape index (κ3) is 4.73. The van der Waals surface area contributed by atoms with Crippen molar-refractivity contribution in [3.63, 3.8) is 0 Å².